The third-order valence-corrected chi connectivity index (χ3v) is 7.28. The standard InChI is InChI=1S/C23H27N5O3/c1-26-12-27-9-8-16(26)11-19(27)21(29)20-17-10-15(24-22(30)13-2-3-13)6-7-18(17)28(25-20)23(31)14-4-5-14/h6-7,10,13-14,16,19H,2-5,8-9,11-12H2,1H3,(H,24,30). The lowest BCUT2D eigenvalue weighted by Crippen LogP contribution is -2.61. The summed E-state index contributed by atoms with van der Waals surface area (Å²) in [6.45, 7) is 1.69. The average molecular weight is 422 g/mol. The van der Waals surface area contributed by atoms with Crippen LogP contribution < -0.4 is 5.32 Å². The molecule has 1 N–H and O–H groups in total. The van der Waals surface area contributed by atoms with Crippen molar-refractivity contribution < 1.29 is 14.4 Å². The largest absolute Gasteiger partial charge is 0.326 e. The van der Waals surface area contributed by atoms with Gasteiger partial charge in [0.15, 0.2) is 0 Å². The predicted octanol–water partition coefficient (Wildman–Crippen LogP) is 2.35. The van der Waals surface area contributed by atoms with Gasteiger partial charge in [-0.25, -0.2) is 0 Å². The Morgan fingerprint density at radius 1 is 1.06 bits per heavy atom. The first-order valence-corrected chi connectivity index (χ1v) is 11.4. The predicted molar refractivity (Wildman–Crippen MR) is 115 cm³/mol. The summed E-state index contributed by atoms with van der Waals surface area (Å²) < 4.78 is 1.43. The molecule has 1 amide bonds. The van der Waals surface area contributed by atoms with Crippen molar-refractivity contribution in [2.24, 2.45) is 11.8 Å². The molecule has 8 heteroatoms. The Labute approximate surface area is 180 Å². The van der Waals surface area contributed by atoms with Gasteiger partial charge in [0.25, 0.3) is 5.91 Å². The highest BCUT2D eigenvalue weighted by molar-refractivity contribution is 6.11. The second-order valence-corrected chi connectivity index (χ2v) is 9.64. The van der Waals surface area contributed by atoms with Crippen molar-refractivity contribution in [2.45, 2.75) is 50.6 Å². The molecule has 3 unspecified atom stereocenters. The van der Waals surface area contributed by atoms with Crippen molar-refractivity contribution in [3.05, 3.63) is 23.9 Å². The van der Waals surface area contributed by atoms with Crippen LogP contribution in [0.5, 0.6) is 0 Å². The molecule has 3 aliphatic heterocycles. The van der Waals surface area contributed by atoms with Gasteiger partial charge in [-0.1, -0.05) is 0 Å². The molecule has 0 spiro atoms. The average Bonchev–Trinajstić information content (AvgIpc) is 3.68. The normalized spacial score (nSPS) is 28.1. The molecule has 2 aromatic rings. The van der Waals surface area contributed by atoms with Crippen LogP contribution in [-0.4, -0.2) is 69.5 Å². The highest BCUT2D eigenvalue weighted by Crippen LogP contribution is 2.35. The molecule has 1 aromatic heterocycles. The van der Waals surface area contributed by atoms with Crippen molar-refractivity contribution >= 4 is 34.2 Å². The van der Waals surface area contributed by atoms with Crippen LogP contribution >= 0.6 is 0 Å². The molecule has 5 aliphatic rings. The maximum absolute atomic E-state index is 13.6. The fourth-order valence-electron chi connectivity index (χ4n) is 5.04. The molecular weight excluding hydrogens is 394 g/mol. The quantitative estimate of drug-likeness (QED) is 0.746. The number of carbonyl (C=O) groups excluding carboxylic acids is 3. The van der Waals surface area contributed by atoms with Crippen LogP contribution in [0.1, 0.15) is 53.8 Å². The van der Waals surface area contributed by atoms with Crippen molar-refractivity contribution in [1.29, 1.82) is 0 Å². The van der Waals surface area contributed by atoms with Gasteiger partial charge >= 0.3 is 0 Å². The lowest BCUT2D eigenvalue weighted by Gasteiger charge is -2.49. The summed E-state index contributed by atoms with van der Waals surface area (Å²) in [4.78, 5) is 43.3. The smallest absolute Gasteiger partial charge is 0.250 e. The van der Waals surface area contributed by atoms with E-state index in [1.54, 1.807) is 6.07 Å². The maximum Gasteiger partial charge on any atom is 0.250 e. The first-order valence-electron chi connectivity index (χ1n) is 11.4. The maximum atomic E-state index is 13.6. The number of benzene rings is 1. The molecular formula is C23H27N5O3. The number of amides is 1. The molecule has 31 heavy (non-hydrogen) atoms. The topological polar surface area (TPSA) is 87.5 Å². The minimum absolute atomic E-state index is 0.00314. The van der Waals surface area contributed by atoms with Gasteiger partial charge < -0.3 is 5.32 Å². The summed E-state index contributed by atoms with van der Waals surface area (Å²) in [5.41, 5.74) is 1.66. The fraction of sp³-hybridized carbons (Fsp3) is 0.565. The number of nitrogens with one attached hydrogen (secondary N) is 1. The number of anilines is 1. The number of rotatable bonds is 5. The number of nitrogens with zero attached hydrogens (tertiary/aromatic N) is 4. The summed E-state index contributed by atoms with van der Waals surface area (Å²) in [6, 6.07) is 5.63. The monoisotopic (exact) mass is 421 g/mol. The Morgan fingerprint density at radius 3 is 2.48 bits per heavy atom. The van der Waals surface area contributed by atoms with Crippen LogP contribution in [-0.2, 0) is 4.79 Å². The van der Waals surface area contributed by atoms with E-state index < -0.39 is 0 Å². The van der Waals surface area contributed by atoms with E-state index in [1.165, 1.54) is 4.68 Å². The Hall–Kier alpha value is -2.58. The van der Waals surface area contributed by atoms with E-state index in [2.05, 4.69) is 27.3 Å². The molecule has 1 aromatic carbocycles. The second kappa shape index (κ2) is 6.97. The minimum atomic E-state index is -0.206. The van der Waals surface area contributed by atoms with E-state index in [9.17, 15) is 14.4 Å². The number of carbonyl (C=O) groups is 3. The summed E-state index contributed by atoms with van der Waals surface area (Å²) in [7, 11) is 2.10. The van der Waals surface area contributed by atoms with Gasteiger partial charge in [-0.15, -0.1) is 0 Å². The van der Waals surface area contributed by atoms with E-state index in [0.29, 0.717) is 28.3 Å². The third kappa shape index (κ3) is 3.29. The summed E-state index contributed by atoms with van der Waals surface area (Å²) >= 11 is 0. The molecule has 8 nitrogen and oxygen atoms in total. The van der Waals surface area contributed by atoms with Crippen LogP contribution in [0.15, 0.2) is 18.2 Å². The zero-order valence-corrected chi connectivity index (χ0v) is 17.7. The number of aromatic nitrogens is 2. The van der Waals surface area contributed by atoms with Gasteiger partial charge in [0.2, 0.25) is 11.7 Å². The molecule has 2 aliphatic carbocycles. The lowest BCUT2D eigenvalue weighted by atomic mass is 9.89. The Balaban J connectivity index is 1.38. The van der Waals surface area contributed by atoms with E-state index >= 15 is 0 Å². The van der Waals surface area contributed by atoms with Crippen LogP contribution in [0.25, 0.3) is 10.9 Å². The highest BCUT2D eigenvalue weighted by Gasteiger charge is 2.42. The number of piperidine rings is 1. The Bertz CT molecular complexity index is 1100. The van der Waals surface area contributed by atoms with E-state index in [1.807, 2.05) is 12.1 Å². The number of hydrogen-bond donors (Lipinski definition) is 1. The molecule has 3 saturated heterocycles. The minimum Gasteiger partial charge on any atom is -0.326 e. The zero-order chi connectivity index (χ0) is 21.3. The van der Waals surface area contributed by atoms with Crippen molar-refractivity contribution in [2.75, 3.05) is 25.6 Å². The van der Waals surface area contributed by atoms with Crippen molar-refractivity contribution in [1.82, 2.24) is 19.6 Å². The van der Waals surface area contributed by atoms with Crippen LogP contribution in [0.4, 0.5) is 5.69 Å². The Morgan fingerprint density at radius 2 is 1.84 bits per heavy atom. The van der Waals surface area contributed by atoms with Crippen LogP contribution in [0.2, 0.25) is 0 Å². The van der Waals surface area contributed by atoms with E-state index in [0.717, 1.165) is 51.7 Å². The first kappa shape index (κ1) is 19.1. The van der Waals surface area contributed by atoms with E-state index in [-0.39, 0.29) is 35.5 Å². The second-order valence-electron chi connectivity index (χ2n) is 9.64. The number of hydrogen-bond acceptors (Lipinski definition) is 6. The van der Waals surface area contributed by atoms with Crippen molar-refractivity contribution in [3.8, 4) is 0 Å². The molecule has 4 heterocycles. The summed E-state index contributed by atoms with van der Waals surface area (Å²) in [5.74, 6) is 0.0641. The molecule has 3 atom stereocenters. The SMILES string of the molecule is CN1CN2CCC1CC2C(=O)c1nn(C(=O)C2CC2)c2ccc(NC(=O)C3CC3)cc12. The highest BCUT2D eigenvalue weighted by atomic mass is 16.2. The van der Waals surface area contributed by atoms with Gasteiger partial charge in [-0.2, -0.15) is 9.78 Å². The number of Topliss-reactive ketones (excluding diaryl/α,β-unsaturated/α-hetero) is 1. The molecule has 2 saturated carbocycles. The molecule has 162 valence electrons. The van der Waals surface area contributed by atoms with E-state index in [4.69, 9.17) is 0 Å². The summed E-state index contributed by atoms with van der Waals surface area (Å²) in [5, 5.41) is 8.18. The number of fused-ring (bicyclic) bond motifs is 4. The van der Waals surface area contributed by atoms with Gasteiger partial charge in [0.1, 0.15) is 5.69 Å². The lowest BCUT2D eigenvalue weighted by molar-refractivity contribution is -0.117. The van der Waals surface area contributed by atoms with Gasteiger partial charge in [-0.05, 0) is 63.8 Å². The first-order chi connectivity index (χ1) is 15.0. The third-order valence-electron chi connectivity index (χ3n) is 7.28. The van der Waals surface area contributed by atoms with Crippen LogP contribution in [0, 0.1) is 11.8 Å². The van der Waals surface area contributed by atoms with Gasteiger partial charge in [0, 0.05) is 35.5 Å². The van der Waals surface area contributed by atoms with Crippen molar-refractivity contribution in [3.63, 3.8) is 0 Å². The zero-order valence-electron chi connectivity index (χ0n) is 17.7. The molecule has 0 radical (unpaired) electrons. The fourth-order valence-corrected chi connectivity index (χ4v) is 5.04. The van der Waals surface area contributed by atoms with Gasteiger partial charge in [0.05, 0.1) is 18.2 Å². The number of ketones is 1. The van der Waals surface area contributed by atoms with Crippen LogP contribution in [0.3, 0.4) is 0 Å². The summed E-state index contributed by atoms with van der Waals surface area (Å²) in [6.07, 6.45) is 5.48. The molecule has 5 fully saturated rings. The molecule has 2 bridgehead atoms. The van der Waals surface area contributed by atoms with Gasteiger partial charge in [-0.3, -0.25) is 24.2 Å². The molecule has 7 rings (SSSR count). The Kier molecular flexibility index (Phi) is 4.30.